The summed E-state index contributed by atoms with van der Waals surface area (Å²) in [5.41, 5.74) is 2.43. The van der Waals surface area contributed by atoms with E-state index in [2.05, 4.69) is 4.98 Å². The molecular formula is C17H12N2O2S. The van der Waals surface area contributed by atoms with Gasteiger partial charge in [0.15, 0.2) is 0 Å². The fourth-order valence-electron chi connectivity index (χ4n) is 2.83. The first-order valence-electron chi connectivity index (χ1n) is 6.84. The molecule has 108 valence electrons. The summed E-state index contributed by atoms with van der Waals surface area (Å²) in [5, 5.41) is 1.78. The van der Waals surface area contributed by atoms with Gasteiger partial charge in [-0.1, -0.05) is 18.2 Å². The number of para-hydroxylation sites is 1. The van der Waals surface area contributed by atoms with Gasteiger partial charge in [-0.3, -0.25) is 9.59 Å². The van der Waals surface area contributed by atoms with Crippen molar-refractivity contribution in [2.24, 2.45) is 0 Å². The molecule has 22 heavy (non-hydrogen) atoms. The standard InChI is InChI=1S/C17H12N2O2S/c1-22-14-9-12-13(18-14)8-7-11-15(12)17(21)19(16(11)20)10-5-3-2-4-6-10/h2-9,18H,1H3. The van der Waals surface area contributed by atoms with Crippen molar-refractivity contribution in [1.82, 2.24) is 4.98 Å². The minimum absolute atomic E-state index is 0.261. The summed E-state index contributed by atoms with van der Waals surface area (Å²) in [4.78, 5) is 29.9. The van der Waals surface area contributed by atoms with Crippen molar-refractivity contribution in [3.05, 3.63) is 59.7 Å². The Morgan fingerprint density at radius 3 is 2.50 bits per heavy atom. The number of carbonyl (C=O) groups is 2. The number of rotatable bonds is 2. The maximum atomic E-state index is 12.8. The van der Waals surface area contributed by atoms with Crippen molar-refractivity contribution < 1.29 is 9.59 Å². The maximum absolute atomic E-state index is 12.8. The van der Waals surface area contributed by atoms with Gasteiger partial charge in [0.25, 0.3) is 11.8 Å². The first-order chi connectivity index (χ1) is 10.7. The lowest BCUT2D eigenvalue weighted by Gasteiger charge is -2.13. The molecule has 1 N–H and O–H groups in total. The van der Waals surface area contributed by atoms with Crippen LogP contribution in [0.15, 0.2) is 53.6 Å². The SMILES string of the molecule is CSc1cc2c3c(ccc2[nH]1)C(=O)N(c1ccccc1)C3=O. The van der Waals surface area contributed by atoms with E-state index in [4.69, 9.17) is 0 Å². The van der Waals surface area contributed by atoms with Gasteiger partial charge in [0.05, 0.1) is 21.8 Å². The van der Waals surface area contributed by atoms with Crippen molar-refractivity contribution in [3.63, 3.8) is 0 Å². The van der Waals surface area contributed by atoms with E-state index in [-0.39, 0.29) is 11.8 Å². The molecule has 3 aromatic rings. The third kappa shape index (κ3) is 1.72. The first-order valence-corrected chi connectivity index (χ1v) is 8.06. The van der Waals surface area contributed by atoms with Crippen LogP contribution in [0.2, 0.25) is 0 Å². The molecule has 2 aromatic carbocycles. The average Bonchev–Trinajstić information content (AvgIpc) is 3.07. The monoisotopic (exact) mass is 308 g/mol. The van der Waals surface area contributed by atoms with Crippen LogP contribution in [0.3, 0.4) is 0 Å². The fraction of sp³-hybridized carbons (Fsp3) is 0.0588. The van der Waals surface area contributed by atoms with Gasteiger partial charge in [-0.25, -0.2) is 4.90 Å². The molecule has 0 unspecified atom stereocenters. The molecule has 0 bridgehead atoms. The largest absolute Gasteiger partial charge is 0.350 e. The van der Waals surface area contributed by atoms with E-state index in [1.54, 1.807) is 30.0 Å². The van der Waals surface area contributed by atoms with Gasteiger partial charge in [-0.2, -0.15) is 0 Å². The normalized spacial score (nSPS) is 14.0. The number of anilines is 1. The molecule has 2 amide bonds. The van der Waals surface area contributed by atoms with Crippen LogP contribution in [0.25, 0.3) is 10.9 Å². The number of carbonyl (C=O) groups excluding carboxylic acids is 2. The van der Waals surface area contributed by atoms with Crippen molar-refractivity contribution in [1.29, 1.82) is 0 Å². The van der Waals surface area contributed by atoms with E-state index in [9.17, 15) is 9.59 Å². The van der Waals surface area contributed by atoms with E-state index in [1.165, 1.54) is 4.90 Å². The predicted molar refractivity (Wildman–Crippen MR) is 87.7 cm³/mol. The van der Waals surface area contributed by atoms with Gasteiger partial charge >= 0.3 is 0 Å². The molecule has 0 saturated heterocycles. The average molecular weight is 308 g/mol. The zero-order valence-electron chi connectivity index (χ0n) is 11.8. The number of H-pyrrole nitrogens is 1. The molecule has 0 atom stereocenters. The number of hydrogen-bond acceptors (Lipinski definition) is 3. The van der Waals surface area contributed by atoms with Gasteiger partial charge in [0, 0.05) is 10.9 Å². The van der Waals surface area contributed by atoms with E-state index < -0.39 is 0 Å². The number of amides is 2. The highest BCUT2D eigenvalue weighted by Crippen LogP contribution is 2.34. The summed E-state index contributed by atoms with van der Waals surface area (Å²) in [5.74, 6) is -0.525. The highest BCUT2D eigenvalue weighted by atomic mass is 32.2. The molecule has 0 radical (unpaired) electrons. The van der Waals surface area contributed by atoms with Gasteiger partial charge in [0.1, 0.15) is 0 Å². The Kier molecular flexibility index (Phi) is 2.84. The second-order valence-electron chi connectivity index (χ2n) is 5.07. The van der Waals surface area contributed by atoms with Gasteiger partial charge in [-0.05, 0) is 36.6 Å². The zero-order valence-corrected chi connectivity index (χ0v) is 12.6. The van der Waals surface area contributed by atoms with Crippen molar-refractivity contribution in [3.8, 4) is 0 Å². The maximum Gasteiger partial charge on any atom is 0.266 e. The molecule has 4 nitrogen and oxygen atoms in total. The summed E-state index contributed by atoms with van der Waals surface area (Å²) in [7, 11) is 0. The topological polar surface area (TPSA) is 53.2 Å². The number of aromatic amines is 1. The van der Waals surface area contributed by atoms with Crippen LogP contribution >= 0.6 is 11.8 Å². The van der Waals surface area contributed by atoms with Gasteiger partial charge in [-0.15, -0.1) is 11.8 Å². The number of fused-ring (bicyclic) bond motifs is 3. The number of thioether (sulfide) groups is 1. The summed E-state index contributed by atoms with van der Waals surface area (Å²) >= 11 is 1.57. The molecule has 4 rings (SSSR count). The lowest BCUT2D eigenvalue weighted by atomic mass is 10.1. The summed E-state index contributed by atoms with van der Waals surface area (Å²) < 4.78 is 0. The van der Waals surface area contributed by atoms with E-state index in [1.807, 2.05) is 36.6 Å². The summed E-state index contributed by atoms with van der Waals surface area (Å²) in [6.45, 7) is 0. The molecule has 0 fully saturated rings. The molecule has 1 aliphatic heterocycles. The third-order valence-electron chi connectivity index (χ3n) is 3.86. The van der Waals surface area contributed by atoms with Crippen LogP contribution in [-0.2, 0) is 0 Å². The minimum Gasteiger partial charge on any atom is -0.350 e. The second kappa shape index (κ2) is 4.74. The Morgan fingerprint density at radius 1 is 1.00 bits per heavy atom. The number of hydrogen-bond donors (Lipinski definition) is 1. The van der Waals surface area contributed by atoms with E-state index in [0.29, 0.717) is 16.8 Å². The lowest BCUT2D eigenvalue weighted by Crippen LogP contribution is -2.29. The third-order valence-corrected chi connectivity index (χ3v) is 4.52. The number of imide groups is 1. The molecule has 1 aliphatic rings. The van der Waals surface area contributed by atoms with Crippen molar-refractivity contribution >= 4 is 40.2 Å². The Morgan fingerprint density at radius 2 is 1.77 bits per heavy atom. The van der Waals surface area contributed by atoms with Gasteiger partial charge < -0.3 is 4.98 Å². The summed E-state index contributed by atoms with van der Waals surface area (Å²) in [6.07, 6.45) is 1.97. The van der Waals surface area contributed by atoms with Crippen LogP contribution in [0.5, 0.6) is 0 Å². The Hall–Kier alpha value is -2.53. The second-order valence-corrected chi connectivity index (χ2v) is 5.92. The zero-order chi connectivity index (χ0) is 15.3. The van der Waals surface area contributed by atoms with Crippen LogP contribution in [0.4, 0.5) is 5.69 Å². The van der Waals surface area contributed by atoms with Crippen LogP contribution in [0.1, 0.15) is 20.7 Å². The summed E-state index contributed by atoms with van der Waals surface area (Å²) in [6, 6.07) is 14.5. The van der Waals surface area contributed by atoms with E-state index in [0.717, 1.165) is 15.9 Å². The minimum atomic E-state index is -0.264. The van der Waals surface area contributed by atoms with Crippen molar-refractivity contribution in [2.45, 2.75) is 5.03 Å². The number of nitrogens with zero attached hydrogens (tertiary/aromatic N) is 1. The quantitative estimate of drug-likeness (QED) is 0.580. The Bertz CT molecular complexity index is 915. The first kappa shape index (κ1) is 13.2. The Balaban J connectivity index is 1.93. The molecular weight excluding hydrogens is 296 g/mol. The molecule has 0 aliphatic carbocycles. The van der Waals surface area contributed by atoms with Crippen molar-refractivity contribution in [2.75, 3.05) is 11.2 Å². The molecule has 2 heterocycles. The van der Waals surface area contributed by atoms with Gasteiger partial charge in [0.2, 0.25) is 0 Å². The number of benzene rings is 2. The van der Waals surface area contributed by atoms with Crippen LogP contribution in [-0.4, -0.2) is 23.1 Å². The lowest BCUT2D eigenvalue weighted by molar-refractivity contribution is 0.0926. The fourth-order valence-corrected chi connectivity index (χ4v) is 3.28. The Labute approximate surface area is 131 Å². The smallest absolute Gasteiger partial charge is 0.266 e. The van der Waals surface area contributed by atoms with Crippen LogP contribution in [0, 0.1) is 0 Å². The number of nitrogens with one attached hydrogen (secondary N) is 1. The molecule has 0 saturated carbocycles. The molecule has 0 spiro atoms. The molecule has 1 aromatic heterocycles. The highest BCUT2D eigenvalue weighted by molar-refractivity contribution is 7.98. The molecule has 5 heteroatoms. The van der Waals surface area contributed by atoms with Crippen LogP contribution < -0.4 is 4.90 Å². The predicted octanol–water partition coefficient (Wildman–Crippen LogP) is 3.69. The highest BCUT2D eigenvalue weighted by Gasteiger charge is 2.38. The number of aromatic nitrogens is 1. The van der Waals surface area contributed by atoms with E-state index >= 15 is 0 Å².